The van der Waals surface area contributed by atoms with Gasteiger partial charge >= 0.3 is 0 Å². The van der Waals surface area contributed by atoms with E-state index in [2.05, 4.69) is 15.0 Å². The molecule has 27 heavy (non-hydrogen) atoms. The van der Waals surface area contributed by atoms with Crippen molar-refractivity contribution < 1.29 is 4.74 Å². The minimum atomic E-state index is 0.172. The zero-order chi connectivity index (χ0) is 18.4. The van der Waals surface area contributed by atoms with E-state index in [1.54, 1.807) is 13.3 Å². The van der Waals surface area contributed by atoms with Crippen LogP contribution in [-0.4, -0.2) is 31.8 Å². The van der Waals surface area contributed by atoms with Gasteiger partial charge in [0.15, 0.2) is 0 Å². The van der Waals surface area contributed by atoms with Crippen LogP contribution in [0.3, 0.4) is 0 Å². The molecule has 6 nitrogen and oxygen atoms in total. The number of hydrogen-bond donors (Lipinski definition) is 0. The molecule has 3 heterocycles. The lowest BCUT2D eigenvalue weighted by Crippen LogP contribution is -1.95. The van der Waals surface area contributed by atoms with E-state index in [9.17, 15) is 0 Å². The highest BCUT2D eigenvalue weighted by Crippen LogP contribution is 2.40. The molecule has 0 saturated heterocycles. The number of ether oxygens (including phenoxy) is 1. The number of rotatable bonds is 4. The lowest BCUT2D eigenvalue weighted by Gasteiger charge is -2.07. The molecule has 0 spiro atoms. The summed E-state index contributed by atoms with van der Waals surface area (Å²) in [5, 5.41) is 5.02. The molecule has 1 fully saturated rings. The molecule has 5 rings (SSSR count). The van der Waals surface area contributed by atoms with E-state index >= 15 is 0 Å². The summed E-state index contributed by atoms with van der Waals surface area (Å²) in [5.41, 5.74) is 4.80. The number of halogens is 1. The Bertz CT molecular complexity index is 1140. The van der Waals surface area contributed by atoms with Gasteiger partial charge in [0.25, 0.3) is 0 Å². The van der Waals surface area contributed by atoms with Gasteiger partial charge in [0.05, 0.1) is 24.9 Å². The van der Waals surface area contributed by atoms with Crippen LogP contribution in [0.15, 0.2) is 48.8 Å². The van der Waals surface area contributed by atoms with Crippen molar-refractivity contribution in [3.8, 4) is 28.3 Å². The Kier molecular flexibility index (Phi) is 3.79. The van der Waals surface area contributed by atoms with Crippen molar-refractivity contribution in [3.05, 3.63) is 54.1 Å². The fourth-order valence-corrected chi connectivity index (χ4v) is 3.35. The minimum absolute atomic E-state index is 0.172. The third-order valence-corrected chi connectivity index (χ3v) is 4.84. The number of benzene rings is 1. The van der Waals surface area contributed by atoms with E-state index in [-0.39, 0.29) is 5.28 Å². The van der Waals surface area contributed by atoms with Crippen molar-refractivity contribution in [1.82, 2.24) is 24.7 Å². The standard InChI is InChI=1S/C20H16ClN5O/c1-27-14-9-16-19(22-10-14)18(24-20(21)23-16)15-11-26(13-7-8-13)25-17(15)12-5-3-2-4-6-12/h2-6,9-11,13H,7-8H2,1H3. The van der Waals surface area contributed by atoms with Gasteiger partial charge in [0.2, 0.25) is 5.28 Å². The van der Waals surface area contributed by atoms with Crippen LogP contribution in [0, 0.1) is 0 Å². The largest absolute Gasteiger partial charge is 0.495 e. The molecule has 0 unspecified atom stereocenters. The third kappa shape index (κ3) is 2.92. The lowest BCUT2D eigenvalue weighted by molar-refractivity contribution is 0.413. The van der Waals surface area contributed by atoms with Crippen molar-refractivity contribution in [2.75, 3.05) is 7.11 Å². The van der Waals surface area contributed by atoms with Gasteiger partial charge < -0.3 is 4.74 Å². The lowest BCUT2D eigenvalue weighted by atomic mass is 10.0. The first-order chi connectivity index (χ1) is 13.2. The molecular weight excluding hydrogens is 362 g/mol. The van der Waals surface area contributed by atoms with Crippen LogP contribution in [-0.2, 0) is 0 Å². The molecule has 0 amide bonds. The average Bonchev–Trinajstić information content (AvgIpc) is 3.46. The Balaban J connectivity index is 1.77. The van der Waals surface area contributed by atoms with Crippen LogP contribution in [0.1, 0.15) is 18.9 Å². The SMILES string of the molecule is COc1cnc2c(-c3cn(C4CC4)nc3-c3ccccc3)nc(Cl)nc2c1. The van der Waals surface area contributed by atoms with Gasteiger partial charge in [-0.2, -0.15) is 5.10 Å². The second-order valence-electron chi connectivity index (χ2n) is 6.55. The topological polar surface area (TPSA) is 65.7 Å². The summed E-state index contributed by atoms with van der Waals surface area (Å²) in [6.45, 7) is 0. The van der Waals surface area contributed by atoms with E-state index in [1.807, 2.05) is 47.3 Å². The van der Waals surface area contributed by atoms with Gasteiger partial charge in [-0.3, -0.25) is 4.68 Å². The summed E-state index contributed by atoms with van der Waals surface area (Å²) in [4.78, 5) is 13.3. The van der Waals surface area contributed by atoms with Gasteiger partial charge in [0.1, 0.15) is 22.7 Å². The maximum absolute atomic E-state index is 6.23. The van der Waals surface area contributed by atoms with Gasteiger partial charge in [0, 0.05) is 23.4 Å². The van der Waals surface area contributed by atoms with Gasteiger partial charge in [-0.15, -0.1) is 0 Å². The maximum atomic E-state index is 6.23. The second kappa shape index (κ2) is 6.32. The molecule has 7 heteroatoms. The van der Waals surface area contributed by atoms with E-state index in [4.69, 9.17) is 21.4 Å². The predicted molar refractivity (Wildman–Crippen MR) is 104 cm³/mol. The van der Waals surface area contributed by atoms with Crippen molar-refractivity contribution in [2.45, 2.75) is 18.9 Å². The first-order valence-corrected chi connectivity index (χ1v) is 9.13. The van der Waals surface area contributed by atoms with Crippen LogP contribution in [0.2, 0.25) is 5.28 Å². The molecule has 0 aliphatic heterocycles. The van der Waals surface area contributed by atoms with Crippen molar-refractivity contribution in [1.29, 1.82) is 0 Å². The molecule has 1 aliphatic rings. The molecule has 4 aromatic rings. The van der Waals surface area contributed by atoms with Crippen molar-refractivity contribution >= 4 is 22.6 Å². The highest BCUT2D eigenvalue weighted by molar-refractivity contribution is 6.28. The highest BCUT2D eigenvalue weighted by Gasteiger charge is 2.27. The predicted octanol–water partition coefficient (Wildman–Crippen LogP) is 4.55. The Labute approximate surface area is 160 Å². The molecule has 0 N–H and O–H groups in total. The fourth-order valence-electron chi connectivity index (χ4n) is 3.17. The van der Waals surface area contributed by atoms with Crippen molar-refractivity contribution in [2.24, 2.45) is 0 Å². The van der Waals surface area contributed by atoms with Gasteiger partial charge in [-0.1, -0.05) is 30.3 Å². The summed E-state index contributed by atoms with van der Waals surface area (Å²) < 4.78 is 7.29. The van der Waals surface area contributed by atoms with E-state index in [0.717, 1.165) is 29.7 Å². The maximum Gasteiger partial charge on any atom is 0.223 e. The zero-order valence-corrected chi connectivity index (χ0v) is 15.4. The molecular formula is C20H16ClN5O. The molecule has 0 atom stereocenters. The summed E-state index contributed by atoms with van der Waals surface area (Å²) >= 11 is 6.23. The van der Waals surface area contributed by atoms with E-state index in [0.29, 0.717) is 28.5 Å². The Morgan fingerprint density at radius 1 is 1.11 bits per heavy atom. The summed E-state index contributed by atoms with van der Waals surface area (Å²) in [5.74, 6) is 0.625. The number of pyridine rings is 1. The third-order valence-electron chi connectivity index (χ3n) is 4.67. The first kappa shape index (κ1) is 16.2. The number of nitrogens with zero attached hydrogens (tertiary/aromatic N) is 5. The molecule has 0 radical (unpaired) electrons. The first-order valence-electron chi connectivity index (χ1n) is 8.75. The van der Waals surface area contributed by atoms with E-state index in [1.165, 1.54) is 0 Å². The fraction of sp³-hybridized carbons (Fsp3) is 0.200. The summed E-state index contributed by atoms with van der Waals surface area (Å²) in [6.07, 6.45) is 6.01. The normalized spacial score (nSPS) is 13.9. The minimum Gasteiger partial charge on any atom is -0.495 e. The quantitative estimate of drug-likeness (QED) is 0.488. The molecule has 1 aliphatic carbocycles. The van der Waals surface area contributed by atoms with E-state index < -0.39 is 0 Å². The summed E-state index contributed by atoms with van der Waals surface area (Å²) in [6, 6.07) is 12.4. The van der Waals surface area contributed by atoms with Crippen LogP contribution < -0.4 is 4.74 Å². The number of fused-ring (bicyclic) bond motifs is 1. The molecule has 134 valence electrons. The smallest absolute Gasteiger partial charge is 0.223 e. The highest BCUT2D eigenvalue weighted by atomic mass is 35.5. The summed E-state index contributed by atoms with van der Waals surface area (Å²) in [7, 11) is 1.60. The second-order valence-corrected chi connectivity index (χ2v) is 6.89. The average molecular weight is 378 g/mol. The monoisotopic (exact) mass is 377 g/mol. The van der Waals surface area contributed by atoms with Gasteiger partial charge in [-0.05, 0) is 24.4 Å². The van der Waals surface area contributed by atoms with Crippen LogP contribution in [0.4, 0.5) is 0 Å². The molecule has 1 saturated carbocycles. The molecule has 1 aromatic carbocycles. The Morgan fingerprint density at radius 2 is 1.93 bits per heavy atom. The Morgan fingerprint density at radius 3 is 2.67 bits per heavy atom. The Hall–Kier alpha value is -2.99. The van der Waals surface area contributed by atoms with Crippen LogP contribution >= 0.6 is 11.6 Å². The number of hydrogen-bond acceptors (Lipinski definition) is 5. The van der Waals surface area contributed by atoms with Crippen LogP contribution in [0.25, 0.3) is 33.5 Å². The number of aromatic nitrogens is 5. The van der Waals surface area contributed by atoms with Crippen LogP contribution in [0.5, 0.6) is 5.75 Å². The zero-order valence-electron chi connectivity index (χ0n) is 14.6. The molecule has 0 bridgehead atoms. The number of methoxy groups -OCH3 is 1. The molecule has 3 aromatic heterocycles. The van der Waals surface area contributed by atoms with Gasteiger partial charge in [-0.25, -0.2) is 15.0 Å². The van der Waals surface area contributed by atoms with Crippen molar-refractivity contribution in [3.63, 3.8) is 0 Å².